The van der Waals surface area contributed by atoms with Gasteiger partial charge in [-0.3, -0.25) is 0 Å². The number of para-hydroxylation sites is 1. The lowest BCUT2D eigenvalue weighted by atomic mass is 10.1. The van der Waals surface area contributed by atoms with E-state index in [2.05, 4.69) is 29.4 Å². The van der Waals surface area contributed by atoms with Crippen LogP contribution < -0.4 is 10.1 Å². The number of ether oxygens (including phenoxy) is 1. The lowest BCUT2D eigenvalue weighted by molar-refractivity contribution is 0.368. The van der Waals surface area contributed by atoms with Gasteiger partial charge in [0, 0.05) is 31.9 Å². The zero-order valence-corrected chi connectivity index (χ0v) is 15.2. The molecule has 0 fully saturated rings. The molecule has 2 aromatic heterocycles. The van der Waals surface area contributed by atoms with E-state index in [0.717, 1.165) is 34.9 Å². The minimum absolute atomic E-state index is 0.354. The number of nitrogens with zero attached hydrogens (tertiary/aromatic N) is 4. The maximum absolute atomic E-state index is 5.52. The second kappa shape index (κ2) is 7.53. The van der Waals surface area contributed by atoms with Crippen LogP contribution in [0.1, 0.15) is 36.6 Å². The molecule has 132 valence electrons. The van der Waals surface area contributed by atoms with E-state index in [1.807, 2.05) is 54.5 Å². The summed E-state index contributed by atoms with van der Waals surface area (Å²) in [5.41, 5.74) is 4.39. The van der Waals surface area contributed by atoms with Crippen molar-refractivity contribution in [3.8, 4) is 11.6 Å². The summed E-state index contributed by atoms with van der Waals surface area (Å²) in [6.07, 6.45) is 3.94. The first kappa shape index (κ1) is 17.2. The Morgan fingerprint density at radius 2 is 1.92 bits per heavy atom. The van der Waals surface area contributed by atoms with Crippen molar-refractivity contribution in [1.82, 2.24) is 24.9 Å². The summed E-state index contributed by atoms with van der Waals surface area (Å²) in [6, 6.07) is 10.1. The molecule has 0 unspecified atom stereocenters. The molecule has 0 saturated carbocycles. The van der Waals surface area contributed by atoms with Gasteiger partial charge in [0.15, 0.2) is 0 Å². The molecular weight excluding hydrogens is 314 g/mol. The number of aryl methyl sites for hydroxylation is 1. The Balaban J connectivity index is 1.67. The molecule has 0 spiro atoms. The van der Waals surface area contributed by atoms with Gasteiger partial charge in [-0.05, 0) is 18.1 Å². The SMILES string of the molecule is COc1c(CNCc2cnn(-c3ccccc3)c2)c(C(C)C)nn1C. The number of hydrogen-bond acceptors (Lipinski definition) is 4. The van der Waals surface area contributed by atoms with Gasteiger partial charge in [-0.1, -0.05) is 32.0 Å². The topological polar surface area (TPSA) is 56.9 Å². The molecule has 0 aliphatic heterocycles. The molecule has 1 aromatic carbocycles. The van der Waals surface area contributed by atoms with Gasteiger partial charge >= 0.3 is 0 Å². The molecule has 25 heavy (non-hydrogen) atoms. The molecule has 0 bridgehead atoms. The third kappa shape index (κ3) is 3.74. The minimum Gasteiger partial charge on any atom is -0.481 e. The lowest BCUT2D eigenvalue weighted by Gasteiger charge is -2.08. The van der Waals surface area contributed by atoms with Crippen molar-refractivity contribution in [3.05, 3.63) is 59.5 Å². The highest BCUT2D eigenvalue weighted by molar-refractivity contribution is 5.34. The van der Waals surface area contributed by atoms with Crippen LogP contribution in [0, 0.1) is 0 Å². The average Bonchev–Trinajstić information content (AvgIpc) is 3.20. The molecule has 6 heteroatoms. The number of hydrogen-bond donors (Lipinski definition) is 1. The molecule has 3 rings (SSSR count). The van der Waals surface area contributed by atoms with Crippen molar-refractivity contribution in [3.63, 3.8) is 0 Å². The Bertz CT molecular complexity index is 820. The van der Waals surface area contributed by atoms with Crippen LogP contribution in [0.5, 0.6) is 5.88 Å². The number of aromatic nitrogens is 4. The van der Waals surface area contributed by atoms with E-state index in [4.69, 9.17) is 4.74 Å². The van der Waals surface area contributed by atoms with Gasteiger partial charge in [0.1, 0.15) is 0 Å². The first-order chi connectivity index (χ1) is 12.1. The fourth-order valence-corrected chi connectivity index (χ4v) is 2.96. The van der Waals surface area contributed by atoms with E-state index in [9.17, 15) is 0 Å². The van der Waals surface area contributed by atoms with Crippen molar-refractivity contribution < 1.29 is 4.74 Å². The van der Waals surface area contributed by atoms with E-state index in [1.165, 1.54) is 0 Å². The Morgan fingerprint density at radius 1 is 1.16 bits per heavy atom. The number of nitrogens with one attached hydrogen (secondary N) is 1. The molecule has 6 nitrogen and oxygen atoms in total. The summed E-state index contributed by atoms with van der Waals surface area (Å²) in [5.74, 6) is 1.17. The molecule has 0 aliphatic rings. The van der Waals surface area contributed by atoms with Gasteiger partial charge in [0.2, 0.25) is 5.88 Å². The number of benzene rings is 1. The summed E-state index contributed by atoms with van der Waals surface area (Å²) >= 11 is 0. The highest BCUT2D eigenvalue weighted by Crippen LogP contribution is 2.26. The van der Waals surface area contributed by atoms with Crippen molar-refractivity contribution >= 4 is 0 Å². The van der Waals surface area contributed by atoms with Gasteiger partial charge in [-0.2, -0.15) is 10.2 Å². The fourth-order valence-electron chi connectivity index (χ4n) is 2.96. The Morgan fingerprint density at radius 3 is 2.60 bits per heavy atom. The first-order valence-electron chi connectivity index (χ1n) is 8.49. The van der Waals surface area contributed by atoms with Crippen molar-refractivity contribution in [1.29, 1.82) is 0 Å². The summed E-state index contributed by atoms with van der Waals surface area (Å²) in [7, 11) is 3.60. The normalized spacial score (nSPS) is 11.2. The zero-order chi connectivity index (χ0) is 17.8. The number of rotatable bonds is 7. The van der Waals surface area contributed by atoms with E-state index >= 15 is 0 Å². The van der Waals surface area contributed by atoms with Gasteiger partial charge in [0.05, 0.1) is 30.3 Å². The second-order valence-corrected chi connectivity index (χ2v) is 6.38. The fraction of sp³-hybridized carbons (Fsp3) is 0.368. The molecular formula is C19H25N5O. The Labute approximate surface area is 148 Å². The Kier molecular flexibility index (Phi) is 5.19. The van der Waals surface area contributed by atoms with Crippen molar-refractivity contribution in [2.45, 2.75) is 32.9 Å². The maximum Gasteiger partial charge on any atom is 0.216 e. The molecule has 2 heterocycles. The predicted octanol–water partition coefficient (Wildman–Crippen LogP) is 3.03. The smallest absolute Gasteiger partial charge is 0.216 e. The van der Waals surface area contributed by atoms with Crippen LogP contribution in [0.2, 0.25) is 0 Å². The zero-order valence-electron chi connectivity index (χ0n) is 15.2. The van der Waals surface area contributed by atoms with Gasteiger partial charge in [-0.15, -0.1) is 0 Å². The molecule has 1 N–H and O–H groups in total. The highest BCUT2D eigenvalue weighted by Gasteiger charge is 2.18. The molecule has 0 saturated heterocycles. The van der Waals surface area contributed by atoms with Crippen LogP contribution in [-0.4, -0.2) is 26.7 Å². The molecule has 3 aromatic rings. The van der Waals surface area contributed by atoms with Crippen LogP contribution in [-0.2, 0) is 20.1 Å². The van der Waals surface area contributed by atoms with Gasteiger partial charge in [0.25, 0.3) is 0 Å². The molecule has 0 radical (unpaired) electrons. The van der Waals surface area contributed by atoms with E-state index < -0.39 is 0 Å². The van der Waals surface area contributed by atoms with Crippen molar-refractivity contribution in [2.24, 2.45) is 7.05 Å². The van der Waals surface area contributed by atoms with Crippen LogP contribution in [0.15, 0.2) is 42.7 Å². The molecule has 0 aliphatic carbocycles. The summed E-state index contributed by atoms with van der Waals surface area (Å²) in [5, 5.41) is 12.5. The Hall–Kier alpha value is -2.60. The minimum atomic E-state index is 0.354. The highest BCUT2D eigenvalue weighted by atomic mass is 16.5. The summed E-state index contributed by atoms with van der Waals surface area (Å²) in [6.45, 7) is 5.74. The van der Waals surface area contributed by atoms with E-state index in [0.29, 0.717) is 12.5 Å². The number of methoxy groups -OCH3 is 1. The molecule has 0 amide bonds. The van der Waals surface area contributed by atoms with Crippen LogP contribution >= 0.6 is 0 Å². The monoisotopic (exact) mass is 339 g/mol. The van der Waals surface area contributed by atoms with Crippen LogP contribution in [0.3, 0.4) is 0 Å². The largest absolute Gasteiger partial charge is 0.481 e. The van der Waals surface area contributed by atoms with Gasteiger partial charge in [-0.25, -0.2) is 9.36 Å². The predicted molar refractivity (Wildman–Crippen MR) is 98.0 cm³/mol. The second-order valence-electron chi connectivity index (χ2n) is 6.38. The third-order valence-corrected chi connectivity index (χ3v) is 4.15. The lowest BCUT2D eigenvalue weighted by Crippen LogP contribution is -2.14. The van der Waals surface area contributed by atoms with E-state index in [-0.39, 0.29) is 0 Å². The first-order valence-corrected chi connectivity index (χ1v) is 8.49. The quantitative estimate of drug-likeness (QED) is 0.719. The van der Waals surface area contributed by atoms with Crippen molar-refractivity contribution in [2.75, 3.05) is 7.11 Å². The third-order valence-electron chi connectivity index (χ3n) is 4.15. The van der Waals surface area contributed by atoms with Crippen LogP contribution in [0.4, 0.5) is 0 Å². The molecule has 0 atom stereocenters. The summed E-state index contributed by atoms with van der Waals surface area (Å²) < 4.78 is 9.21. The van der Waals surface area contributed by atoms with E-state index in [1.54, 1.807) is 11.8 Å². The van der Waals surface area contributed by atoms with Gasteiger partial charge < -0.3 is 10.1 Å². The summed E-state index contributed by atoms with van der Waals surface area (Å²) in [4.78, 5) is 0. The van der Waals surface area contributed by atoms with Crippen LogP contribution in [0.25, 0.3) is 5.69 Å². The average molecular weight is 339 g/mol. The standard InChI is InChI=1S/C19H25N5O/c1-14(2)18-17(19(25-4)23(3)22-18)12-20-10-15-11-21-24(13-15)16-8-6-5-7-9-16/h5-9,11,13-14,20H,10,12H2,1-4H3. The maximum atomic E-state index is 5.52.